The van der Waals surface area contributed by atoms with Crippen LogP contribution >= 0.6 is 15.9 Å². The highest BCUT2D eigenvalue weighted by Crippen LogP contribution is 2.36. The van der Waals surface area contributed by atoms with Crippen LogP contribution in [0.1, 0.15) is 48.9 Å². The molecule has 3 nitrogen and oxygen atoms in total. The number of aromatic nitrogens is 2. The zero-order valence-corrected chi connectivity index (χ0v) is 12.5. The summed E-state index contributed by atoms with van der Waals surface area (Å²) in [7, 11) is 0. The Labute approximate surface area is 120 Å². The minimum absolute atomic E-state index is 0.134. The number of nitrogens with one attached hydrogen (secondary N) is 2. The molecule has 3 rings (SSSR count). The van der Waals surface area contributed by atoms with E-state index in [1.165, 1.54) is 44.1 Å². The van der Waals surface area contributed by atoms with Gasteiger partial charge in [0.15, 0.2) is 0 Å². The molecular formula is C15H19BrN2O. The quantitative estimate of drug-likeness (QED) is 0.815. The smallest absolute Gasteiger partial charge is 0.306 e. The Morgan fingerprint density at radius 2 is 1.89 bits per heavy atom. The van der Waals surface area contributed by atoms with Gasteiger partial charge in [-0.25, -0.2) is 4.79 Å². The number of aromatic amines is 2. The van der Waals surface area contributed by atoms with Crippen molar-refractivity contribution >= 4 is 27.0 Å². The maximum Gasteiger partial charge on any atom is 0.323 e. The average molecular weight is 323 g/mol. The first-order valence-corrected chi connectivity index (χ1v) is 8.00. The Kier molecular flexibility index (Phi) is 3.78. The van der Waals surface area contributed by atoms with E-state index in [1.54, 1.807) is 0 Å². The number of rotatable bonds is 3. The molecule has 0 aliphatic heterocycles. The third kappa shape index (κ3) is 2.94. The summed E-state index contributed by atoms with van der Waals surface area (Å²) >= 11 is 3.81. The second-order valence-corrected chi connectivity index (χ2v) is 6.70. The van der Waals surface area contributed by atoms with Gasteiger partial charge in [-0.1, -0.05) is 54.1 Å². The van der Waals surface area contributed by atoms with Crippen molar-refractivity contribution in [2.75, 3.05) is 0 Å². The topological polar surface area (TPSA) is 48.6 Å². The van der Waals surface area contributed by atoms with Gasteiger partial charge >= 0.3 is 5.69 Å². The molecule has 0 radical (unpaired) electrons. The Balaban J connectivity index is 1.76. The third-order valence-corrected chi connectivity index (χ3v) is 5.07. The molecule has 2 N–H and O–H groups in total. The lowest BCUT2D eigenvalue weighted by Crippen LogP contribution is -2.08. The molecule has 1 saturated carbocycles. The SMILES string of the molecule is O=c1[nH]c2ccc(C(Br)CC3CCCCC3)cc2[nH]1. The third-order valence-electron chi connectivity index (χ3n) is 4.17. The molecular weight excluding hydrogens is 304 g/mol. The van der Waals surface area contributed by atoms with Crippen LogP contribution in [0.25, 0.3) is 11.0 Å². The Morgan fingerprint density at radius 3 is 2.68 bits per heavy atom. The summed E-state index contributed by atoms with van der Waals surface area (Å²) in [4.78, 5) is 17.3. The molecule has 0 spiro atoms. The fourth-order valence-electron chi connectivity index (χ4n) is 3.10. The van der Waals surface area contributed by atoms with Gasteiger partial charge in [0.25, 0.3) is 0 Å². The zero-order chi connectivity index (χ0) is 13.2. The van der Waals surface area contributed by atoms with Crippen molar-refractivity contribution < 1.29 is 0 Å². The minimum atomic E-state index is -0.134. The lowest BCUT2D eigenvalue weighted by atomic mass is 9.85. The Hall–Kier alpha value is -1.03. The van der Waals surface area contributed by atoms with E-state index in [2.05, 4.69) is 38.0 Å². The van der Waals surface area contributed by atoms with Crippen LogP contribution in [-0.2, 0) is 0 Å². The highest BCUT2D eigenvalue weighted by molar-refractivity contribution is 9.09. The van der Waals surface area contributed by atoms with E-state index in [9.17, 15) is 4.79 Å². The highest BCUT2D eigenvalue weighted by atomic mass is 79.9. The Morgan fingerprint density at radius 1 is 1.16 bits per heavy atom. The molecule has 1 aromatic heterocycles. The van der Waals surface area contributed by atoms with Crippen LogP contribution in [-0.4, -0.2) is 9.97 Å². The van der Waals surface area contributed by atoms with Crippen LogP contribution in [0.5, 0.6) is 0 Å². The van der Waals surface area contributed by atoms with Crippen molar-refractivity contribution in [1.29, 1.82) is 0 Å². The zero-order valence-electron chi connectivity index (χ0n) is 10.9. The molecule has 102 valence electrons. The number of benzene rings is 1. The van der Waals surface area contributed by atoms with Gasteiger partial charge in [0.05, 0.1) is 11.0 Å². The van der Waals surface area contributed by atoms with Crippen LogP contribution in [0.4, 0.5) is 0 Å². The summed E-state index contributed by atoms with van der Waals surface area (Å²) in [6.07, 6.45) is 8.10. The molecule has 2 aromatic rings. The van der Waals surface area contributed by atoms with Gasteiger partial charge in [0, 0.05) is 4.83 Å². The molecule has 4 heteroatoms. The number of alkyl halides is 1. The normalized spacial score (nSPS) is 18.8. The van der Waals surface area contributed by atoms with Crippen molar-refractivity contribution in [2.24, 2.45) is 5.92 Å². The lowest BCUT2D eigenvalue weighted by Gasteiger charge is -2.24. The van der Waals surface area contributed by atoms with E-state index in [0.29, 0.717) is 4.83 Å². The second kappa shape index (κ2) is 5.53. The van der Waals surface area contributed by atoms with E-state index >= 15 is 0 Å². The first-order valence-electron chi connectivity index (χ1n) is 7.08. The molecule has 1 aliphatic carbocycles. The monoisotopic (exact) mass is 322 g/mol. The van der Waals surface area contributed by atoms with Gasteiger partial charge in [-0.2, -0.15) is 0 Å². The van der Waals surface area contributed by atoms with Gasteiger partial charge in [0.2, 0.25) is 0 Å². The van der Waals surface area contributed by atoms with Crippen molar-refractivity contribution in [3.63, 3.8) is 0 Å². The molecule has 0 saturated heterocycles. The molecule has 1 fully saturated rings. The summed E-state index contributed by atoms with van der Waals surface area (Å²) in [5, 5.41) is 0. The van der Waals surface area contributed by atoms with Gasteiger partial charge in [-0.05, 0) is 30.0 Å². The molecule has 0 amide bonds. The summed E-state index contributed by atoms with van der Waals surface area (Å²) in [5.74, 6) is 0.846. The van der Waals surface area contributed by atoms with Gasteiger partial charge < -0.3 is 9.97 Å². The number of halogens is 1. The molecule has 1 unspecified atom stereocenters. The molecule has 1 aromatic carbocycles. The lowest BCUT2D eigenvalue weighted by molar-refractivity contribution is 0.338. The van der Waals surface area contributed by atoms with Gasteiger partial charge in [0.1, 0.15) is 0 Å². The second-order valence-electron chi connectivity index (χ2n) is 5.59. The average Bonchev–Trinajstić information content (AvgIpc) is 2.78. The fraction of sp³-hybridized carbons (Fsp3) is 0.533. The molecule has 1 heterocycles. The van der Waals surface area contributed by atoms with E-state index in [-0.39, 0.29) is 5.69 Å². The molecule has 1 aliphatic rings. The van der Waals surface area contributed by atoms with Gasteiger partial charge in [-0.3, -0.25) is 0 Å². The van der Waals surface area contributed by atoms with E-state index in [0.717, 1.165) is 17.0 Å². The van der Waals surface area contributed by atoms with Crippen LogP contribution < -0.4 is 5.69 Å². The van der Waals surface area contributed by atoms with Crippen molar-refractivity contribution in [3.8, 4) is 0 Å². The predicted octanol–water partition coefficient (Wildman–Crippen LogP) is 4.26. The first-order chi connectivity index (χ1) is 9.22. The molecule has 1 atom stereocenters. The number of hydrogen-bond acceptors (Lipinski definition) is 1. The summed E-state index contributed by atoms with van der Waals surface area (Å²) in [5.41, 5.74) is 2.90. The standard InChI is InChI=1S/C15H19BrN2O/c16-12(8-10-4-2-1-3-5-10)11-6-7-13-14(9-11)18-15(19)17-13/h6-7,9-10,12H,1-5,8H2,(H2,17,18,19). The molecule has 19 heavy (non-hydrogen) atoms. The predicted molar refractivity (Wildman–Crippen MR) is 81.8 cm³/mol. The number of hydrogen-bond donors (Lipinski definition) is 2. The summed E-state index contributed by atoms with van der Waals surface area (Å²) < 4.78 is 0. The molecule has 0 bridgehead atoms. The summed E-state index contributed by atoms with van der Waals surface area (Å²) in [6.45, 7) is 0. The maximum absolute atomic E-state index is 11.3. The van der Waals surface area contributed by atoms with Gasteiger partial charge in [-0.15, -0.1) is 0 Å². The van der Waals surface area contributed by atoms with Crippen LogP contribution in [0.3, 0.4) is 0 Å². The van der Waals surface area contributed by atoms with Crippen LogP contribution in [0.2, 0.25) is 0 Å². The first kappa shape index (κ1) is 13.0. The number of fused-ring (bicyclic) bond motifs is 1. The van der Waals surface area contributed by atoms with Crippen molar-refractivity contribution in [2.45, 2.75) is 43.4 Å². The van der Waals surface area contributed by atoms with E-state index < -0.39 is 0 Å². The van der Waals surface area contributed by atoms with Crippen molar-refractivity contribution in [3.05, 3.63) is 34.2 Å². The maximum atomic E-state index is 11.3. The van der Waals surface area contributed by atoms with E-state index in [1.807, 2.05) is 6.07 Å². The Bertz CT molecular complexity index is 610. The number of H-pyrrole nitrogens is 2. The van der Waals surface area contributed by atoms with Crippen LogP contribution in [0, 0.1) is 5.92 Å². The fourth-order valence-corrected chi connectivity index (χ4v) is 3.91. The van der Waals surface area contributed by atoms with E-state index in [4.69, 9.17) is 0 Å². The summed E-state index contributed by atoms with van der Waals surface area (Å²) in [6, 6.07) is 6.17. The highest BCUT2D eigenvalue weighted by Gasteiger charge is 2.18. The largest absolute Gasteiger partial charge is 0.323 e. The van der Waals surface area contributed by atoms with Crippen molar-refractivity contribution in [1.82, 2.24) is 9.97 Å². The number of imidazole rings is 1. The van der Waals surface area contributed by atoms with Crippen LogP contribution in [0.15, 0.2) is 23.0 Å². The minimum Gasteiger partial charge on any atom is -0.306 e.